The van der Waals surface area contributed by atoms with E-state index in [9.17, 15) is 22.8 Å². The number of hydrogen-bond acceptors (Lipinski definition) is 7. The largest absolute Gasteiger partial charge is 0.457 e. The fraction of sp³-hybridized carbons (Fsp3) is 0.318. The Morgan fingerprint density at radius 3 is 2.78 bits per heavy atom. The molecule has 2 aromatic rings. The molecule has 4 rings (SSSR count). The molecule has 2 aliphatic heterocycles. The molecule has 1 unspecified atom stereocenters. The molecule has 1 amide bonds. The summed E-state index contributed by atoms with van der Waals surface area (Å²) in [4.78, 5) is 37.9. The van der Waals surface area contributed by atoms with Crippen LogP contribution in [-0.2, 0) is 30.8 Å². The number of para-hydroxylation sites is 1. The van der Waals surface area contributed by atoms with Crippen LogP contribution in [0.3, 0.4) is 0 Å². The molecule has 8 nitrogen and oxygen atoms in total. The summed E-state index contributed by atoms with van der Waals surface area (Å²) in [6.07, 6.45) is 2.34. The second kappa shape index (κ2) is 8.95. The third-order valence-electron chi connectivity index (χ3n) is 5.30. The van der Waals surface area contributed by atoms with Gasteiger partial charge >= 0.3 is 5.97 Å². The molecule has 0 spiro atoms. The van der Waals surface area contributed by atoms with E-state index in [2.05, 4.69) is 5.32 Å². The molecule has 0 aliphatic carbocycles. The predicted octanol–water partition coefficient (Wildman–Crippen LogP) is 2.63. The van der Waals surface area contributed by atoms with Crippen LogP contribution >= 0.6 is 11.8 Å². The van der Waals surface area contributed by atoms with E-state index in [-0.39, 0.29) is 18.1 Å². The number of ketones is 1. The number of anilines is 2. The van der Waals surface area contributed by atoms with E-state index >= 15 is 0 Å². The summed E-state index contributed by atoms with van der Waals surface area (Å²) < 4.78 is 30.4. The number of nitrogens with zero attached hydrogens (tertiary/aromatic N) is 1. The van der Waals surface area contributed by atoms with Crippen molar-refractivity contribution < 1.29 is 27.5 Å². The van der Waals surface area contributed by atoms with Gasteiger partial charge in [-0.15, -0.1) is 11.8 Å². The third kappa shape index (κ3) is 4.81. The molecule has 2 heterocycles. The zero-order valence-electron chi connectivity index (χ0n) is 17.4. The summed E-state index contributed by atoms with van der Waals surface area (Å²) in [7, 11) is -3.39. The average molecular weight is 475 g/mol. The lowest BCUT2D eigenvalue weighted by Crippen LogP contribution is -2.34. The Balaban J connectivity index is 1.36. The second-order valence-electron chi connectivity index (χ2n) is 7.66. The van der Waals surface area contributed by atoms with E-state index < -0.39 is 27.8 Å². The van der Waals surface area contributed by atoms with Gasteiger partial charge in [0, 0.05) is 17.0 Å². The quantitative estimate of drug-likeness (QED) is 0.506. The van der Waals surface area contributed by atoms with Gasteiger partial charge in [0.15, 0.2) is 12.4 Å². The van der Waals surface area contributed by atoms with E-state index in [0.29, 0.717) is 36.3 Å². The Bertz CT molecular complexity index is 1190. The number of esters is 1. The highest BCUT2D eigenvalue weighted by molar-refractivity contribution is 8.01. The number of fused-ring (bicyclic) bond motifs is 2. The molecule has 2 aromatic carbocycles. The van der Waals surface area contributed by atoms with Crippen LogP contribution in [0.2, 0.25) is 0 Å². The number of Topliss-reactive ketones (excluding diaryl/α,β-unsaturated/α-hetero) is 1. The molecule has 0 saturated heterocycles. The van der Waals surface area contributed by atoms with Gasteiger partial charge in [-0.3, -0.25) is 18.7 Å². The molecule has 0 bridgehead atoms. The van der Waals surface area contributed by atoms with E-state index in [1.807, 2.05) is 18.2 Å². The normalized spacial score (nSPS) is 17.7. The Morgan fingerprint density at radius 2 is 2.00 bits per heavy atom. The number of carbonyl (C=O) groups excluding carboxylic acids is 3. The van der Waals surface area contributed by atoms with Gasteiger partial charge in [-0.2, -0.15) is 0 Å². The number of thioether (sulfide) groups is 1. The number of nitrogens with one attached hydrogen (secondary N) is 1. The van der Waals surface area contributed by atoms with Crippen molar-refractivity contribution in [2.24, 2.45) is 0 Å². The zero-order chi connectivity index (χ0) is 22.9. The highest BCUT2D eigenvalue weighted by Gasteiger charge is 2.30. The first-order valence-corrected chi connectivity index (χ1v) is 12.8. The van der Waals surface area contributed by atoms with E-state index in [4.69, 9.17) is 4.74 Å². The molecule has 0 fully saturated rings. The Kier molecular flexibility index (Phi) is 6.25. The van der Waals surface area contributed by atoms with Gasteiger partial charge in [-0.25, -0.2) is 8.42 Å². The lowest BCUT2D eigenvalue weighted by molar-refractivity contribution is -0.143. The molecule has 0 aromatic heterocycles. The number of rotatable bonds is 6. The SMILES string of the molecule is CS(=O)(=O)N1CCCc2cc(C(=O)COC(=O)CC3Sc4ccccc4NC3=O)ccc21. The average Bonchev–Trinajstić information content (AvgIpc) is 2.76. The van der Waals surface area contributed by atoms with Gasteiger partial charge < -0.3 is 10.1 Å². The van der Waals surface area contributed by atoms with Crippen molar-refractivity contribution in [1.82, 2.24) is 0 Å². The summed E-state index contributed by atoms with van der Waals surface area (Å²) in [6, 6.07) is 12.1. The Hall–Kier alpha value is -2.85. The van der Waals surface area contributed by atoms with Crippen LogP contribution < -0.4 is 9.62 Å². The van der Waals surface area contributed by atoms with Gasteiger partial charge in [0.2, 0.25) is 15.9 Å². The lowest BCUT2D eigenvalue weighted by atomic mass is 9.99. The molecular formula is C22H22N2O6S2. The van der Waals surface area contributed by atoms with Crippen LogP contribution in [0.25, 0.3) is 0 Å². The van der Waals surface area contributed by atoms with Crippen LogP contribution in [0.4, 0.5) is 11.4 Å². The minimum Gasteiger partial charge on any atom is -0.457 e. The minimum absolute atomic E-state index is 0.147. The topological polar surface area (TPSA) is 110 Å². The molecule has 1 atom stereocenters. The maximum atomic E-state index is 12.5. The molecular weight excluding hydrogens is 452 g/mol. The summed E-state index contributed by atoms with van der Waals surface area (Å²) in [5, 5.41) is 2.14. The molecule has 10 heteroatoms. The summed E-state index contributed by atoms with van der Waals surface area (Å²) >= 11 is 1.29. The molecule has 168 valence electrons. The maximum Gasteiger partial charge on any atom is 0.307 e. The minimum atomic E-state index is -3.39. The smallest absolute Gasteiger partial charge is 0.307 e. The van der Waals surface area contributed by atoms with Crippen molar-refractivity contribution >= 4 is 50.8 Å². The third-order valence-corrected chi connectivity index (χ3v) is 7.76. The van der Waals surface area contributed by atoms with Crippen molar-refractivity contribution in [3.05, 3.63) is 53.6 Å². The summed E-state index contributed by atoms with van der Waals surface area (Å²) in [6.45, 7) is -0.0308. The first kappa shape index (κ1) is 22.3. The van der Waals surface area contributed by atoms with Crippen LogP contribution in [0.1, 0.15) is 28.8 Å². The van der Waals surface area contributed by atoms with Crippen molar-refractivity contribution in [2.45, 2.75) is 29.4 Å². The molecule has 0 saturated carbocycles. The number of aryl methyl sites for hydroxylation is 1. The number of carbonyl (C=O) groups is 3. The van der Waals surface area contributed by atoms with E-state index in [1.54, 1.807) is 24.3 Å². The number of ether oxygens (including phenoxy) is 1. The van der Waals surface area contributed by atoms with Gasteiger partial charge in [-0.05, 0) is 48.7 Å². The van der Waals surface area contributed by atoms with E-state index in [0.717, 1.165) is 16.7 Å². The van der Waals surface area contributed by atoms with Gasteiger partial charge in [0.05, 0.1) is 29.3 Å². The fourth-order valence-corrected chi connectivity index (χ4v) is 5.84. The van der Waals surface area contributed by atoms with Gasteiger partial charge in [0.25, 0.3) is 0 Å². The molecule has 1 N–H and O–H groups in total. The number of amides is 1. The van der Waals surface area contributed by atoms with Crippen LogP contribution in [0.15, 0.2) is 47.4 Å². The van der Waals surface area contributed by atoms with Crippen molar-refractivity contribution in [1.29, 1.82) is 0 Å². The highest BCUT2D eigenvalue weighted by atomic mass is 32.2. The molecule has 32 heavy (non-hydrogen) atoms. The number of benzene rings is 2. The summed E-state index contributed by atoms with van der Waals surface area (Å²) in [5.74, 6) is -1.29. The Morgan fingerprint density at radius 1 is 1.22 bits per heavy atom. The lowest BCUT2D eigenvalue weighted by Gasteiger charge is -2.29. The number of hydrogen-bond donors (Lipinski definition) is 1. The van der Waals surface area contributed by atoms with Crippen molar-refractivity contribution in [3.8, 4) is 0 Å². The fourth-order valence-electron chi connectivity index (χ4n) is 3.75. The first-order chi connectivity index (χ1) is 15.2. The van der Waals surface area contributed by atoms with Crippen LogP contribution in [0.5, 0.6) is 0 Å². The van der Waals surface area contributed by atoms with Crippen molar-refractivity contribution in [2.75, 3.05) is 29.0 Å². The van der Waals surface area contributed by atoms with Crippen LogP contribution in [0, 0.1) is 0 Å². The standard InChI is InChI=1S/C22H22N2O6S2/c1-32(28,29)24-10-4-5-14-11-15(8-9-17(14)24)18(25)13-30-21(26)12-20-22(27)23-16-6-2-3-7-19(16)31-20/h2-3,6-9,11,20H,4-5,10,12-13H2,1H3,(H,23,27). The summed E-state index contributed by atoms with van der Waals surface area (Å²) in [5.41, 5.74) is 2.41. The second-order valence-corrected chi connectivity index (χ2v) is 10.8. The van der Waals surface area contributed by atoms with E-state index in [1.165, 1.54) is 16.1 Å². The molecule has 2 aliphatic rings. The first-order valence-electron chi connectivity index (χ1n) is 10.1. The van der Waals surface area contributed by atoms with Crippen molar-refractivity contribution in [3.63, 3.8) is 0 Å². The maximum absolute atomic E-state index is 12.5. The molecule has 0 radical (unpaired) electrons. The monoisotopic (exact) mass is 474 g/mol. The van der Waals surface area contributed by atoms with Gasteiger partial charge in [-0.1, -0.05) is 12.1 Å². The number of sulfonamides is 1. The Labute approximate surface area is 190 Å². The highest BCUT2D eigenvalue weighted by Crippen LogP contribution is 2.36. The zero-order valence-corrected chi connectivity index (χ0v) is 19.0. The van der Waals surface area contributed by atoms with Crippen LogP contribution in [-0.4, -0.2) is 50.7 Å². The predicted molar refractivity (Wildman–Crippen MR) is 122 cm³/mol. The van der Waals surface area contributed by atoms with Gasteiger partial charge in [0.1, 0.15) is 0 Å².